The van der Waals surface area contributed by atoms with E-state index >= 15 is 0 Å². The predicted octanol–water partition coefficient (Wildman–Crippen LogP) is 1.30. The second-order valence-electron chi connectivity index (χ2n) is 7.80. The summed E-state index contributed by atoms with van der Waals surface area (Å²) < 4.78 is 0. The molecule has 0 spiro atoms. The van der Waals surface area contributed by atoms with Crippen LogP contribution >= 0.6 is 0 Å². The zero-order valence-corrected chi connectivity index (χ0v) is 21.4. The largest absolute Gasteiger partial charge is 0.524 e. The maximum Gasteiger partial charge on any atom is 0.200 e. The molecule has 1 fully saturated rings. The van der Waals surface area contributed by atoms with E-state index in [0.717, 1.165) is 0 Å². The smallest absolute Gasteiger partial charge is 0.200 e. The number of fused-ring (bicyclic) bond motifs is 3. The summed E-state index contributed by atoms with van der Waals surface area (Å²) in [4.78, 5) is 41.0. The van der Waals surface area contributed by atoms with Crippen molar-refractivity contribution in [1.29, 1.82) is 5.41 Å². The van der Waals surface area contributed by atoms with E-state index in [-0.39, 0.29) is 79.0 Å². The molecule has 166 valence electrons. The molecule has 4 rings (SSSR count). The number of rotatable bonds is 1. The molecular formula is C23H18N3O6U-. The zero-order chi connectivity index (χ0) is 23.3. The Morgan fingerprint density at radius 2 is 1.91 bits per heavy atom. The molecule has 0 unspecified atom stereocenters. The summed E-state index contributed by atoms with van der Waals surface area (Å²) in [7, 11) is 0. The number of hydrogen-bond donors (Lipinski definition) is 5. The molecule has 0 saturated heterocycles. The molecule has 0 heterocycles. The van der Waals surface area contributed by atoms with Crippen molar-refractivity contribution in [3.05, 3.63) is 51.6 Å². The topological polar surface area (TPSA) is 174 Å². The van der Waals surface area contributed by atoms with Gasteiger partial charge >= 0.3 is 0 Å². The van der Waals surface area contributed by atoms with Gasteiger partial charge in [-0.1, -0.05) is 23.8 Å². The first-order valence-electron chi connectivity index (χ1n) is 9.69. The second-order valence-corrected chi connectivity index (χ2v) is 7.80. The standard InChI is InChI=1S/C23H18N3O6.U/c1-26-15(24)5-3-9-2-4-13(27)18-12(9)7-10-6-11-8-14(28)19(23(25)32)22(31)17(11)20(29)16(10)21(18)30;/h2,4,10-11,24,27-28,30H,1,6-8H2,(H2,25,32);/q-1;/t10-,11+;/m1./s1. The van der Waals surface area contributed by atoms with Gasteiger partial charge in [0.1, 0.15) is 5.75 Å². The third kappa shape index (κ3) is 3.88. The van der Waals surface area contributed by atoms with Gasteiger partial charge in [-0.15, -0.1) is 0 Å². The van der Waals surface area contributed by atoms with E-state index in [1.807, 2.05) is 0 Å². The number of aliphatic hydroxyl groups excluding tert-OH is 2. The number of hydrogen-bond acceptors (Lipinski definition) is 7. The first-order valence-corrected chi connectivity index (χ1v) is 9.69. The van der Waals surface area contributed by atoms with Crippen LogP contribution in [0.4, 0.5) is 0 Å². The van der Waals surface area contributed by atoms with Crippen LogP contribution < -0.4 is 5.73 Å². The van der Waals surface area contributed by atoms with Crippen molar-refractivity contribution in [3.8, 4) is 17.6 Å². The molecule has 1 aromatic rings. The van der Waals surface area contributed by atoms with Crippen molar-refractivity contribution in [1.82, 2.24) is 0 Å². The van der Waals surface area contributed by atoms with Crippen molar-refractivity contribution in [3.63, 3.8) is 0 Å². The molecule has 0 aromatic heterocycles. The number of phenolic OH excluding ortho intramolecular Hbond substituents is 1. The molecule has 1 saturated carbocycles. The quantitative estimate of drug-likeness (QED) is 0.0991. The molecule has 0 aliphatic heterocycles. The minimum absolute atomic E-state index is 0. The average molecular weight is 670 g/mol. The normalized spacial score (nSPS) is 21.2. The molecular weight excluding hydrogens is 652 g/mol. The van der Waals surface area contributed by atoms with Crippen molar-refractivity contribution >= 4 is 35.8 Å². The van der Waals surface area contributed by atoms with Crippen LogP contribution in [0.15, 0.2) is 34.0 Å². The van der Waals surface area contributed by atoms with E-state index in [2.05, 4.69) is 23.6 Å². The van der Waals surface area contributed by atoms with Gasteiger partial charge < -0.3 is 30.6 Å². The van der Waals surface area contributed by atoms with Crippen LogP contribution in [0.25, 0.3) is 5.76 Å². The SMILES string of the molecule is C=NC(=N)C#Cc1ccc(O)c2c1C[C@H]1C[C@H]3CC(O)=C(C(N)=O)C(=O)[C-]3C(=O)C1=C2O.[U]. The Kier molecular flexibility index (Phi) is 6.60. The summed E-state index contributed by atoms with van der Waals surface area (Å²) in [6.07, 6.45) is 0.407. The second kappa shape index (κ2) is 8.93. The van der Waals surface area contributed by atoms with Crippen LogP contribution in [0.5, 0.6) is 5.75 Å². The number of nitrogens with zero attached hydrogens (tertiary/aromatic N) is 1. The number of phenols is 1. The van der Waals surface area contributed by atoms with Crippen LogP contribution in [0, 0.1) is 66.1 Å². The average Bonchev–Trinajstić information content (AvgIpc) is 2.71. The first kappa shape index (κ1) is 24.4. The summed E-state index contributed by atoms with van der Waals surface area (Å²) in [6, 6.07) is 2.85. The number of benzene rings is 1. The van der Waals surface area contributed by atoms with Gasteiger partial charge in [0.15, 0.2) is 5.84 Å². The van der Waals surface area contributed by atoms with E-state index in [1.165, 1.54) is 12.1 Å². The fourth-order valence-electron chi connectivity index (χ4n) is 4.69. The summed E-state index contributed by atoms with van der Waals surface area (Å²) in [5.74, 6) is -0.247. The number of carbonyl (C=O) groups excluding carboxylic acids is 3. The number of aliphatic hydroxyl groups is 2. The fraction of sp³-hybridized carbons (Fsp3) is 0.217. The number of amidine groups is 1. The molecule has 33 heavy (non-hydrogen) atoms. The van der Waals surface area contributed by atoms with Crippen molar-refractivity contribution in [2.45, 2.75) is 19.3 Å². The van der Waals surface area contributed by atoms with Crippen LogP contribution in [-0.2, 0) is 20.8 Å². The predicted molar refractivity (Wildman–Crippen MR) is 114 cm³/mol. The molecule has 6 N–H and O–H groups in total. The number of nitrogens with two attached hydrogens (primary N) is 1. The van der Waals surface area contributed by atoms with Gasteiger partial charge in [0.25, 0.3) is 0 Å². The molecule has 0 bridgehead atoms. The van der Waals surface area contributed by atoms with Gasteiger partial charge in [0, 0.05) is 42.2 Å². The molecule has 9 nitrogen and oxygen atoms in total. The number of Topliss-reactive ketones (excluding diaryl/α,β-unsaturated/α-hetero) is 2. The third-order valence-corrected chi connectivity index (χ3v) is 6.03. The van der Waals surface area contributed by atoms with E-state index in [9.17, 15) is 29.7 Å². The van der Waals surface area contributed by atoms with Crippen LogP contribution in [0.2, 0.25) is 0 Å². The van der Waals surface area contributed by atoms with Crippen molar-refractivity contribution in [2.24, 2.45) is 22.6 Å². The van der Waals surface area contributed by atoms with E-state index in [0.29, 0.717) is 11.1 Å². The Labute approximate surface area is 212 Å². The van der Waals surface area contributed by atoms with Crippen molar-refractivity contribution in [2.75, 3.05) is 0 Å². The number of aliphatic imine (C=N–C) groups is 1. The molecule has 0 radical (unpaired) electrons. The molecule has 3 aliphatic rings. The van der Waals surface area contributed by atoms with Gasteiger partial charge in [0.05, 0.1) is 28.6 Å². The summed E-state index contributed by atoms with van der Waals surface area (Å²) in [5, 5.41) is 39.0. The number of aromatic hydroxyl groups is 1. The van der Waals surface area contributed by atoms with Gasteiger partial charge in [0.2, 0.25) is 5.91 Å². The van der Waals surface area contributed by atoms with Gasteiger partial charge in [-0.25, -0.2) is 4.99 Å². The third-order valence-electron chi connectivity index (χ3n) is 6.03. The van der Waals surface area contributed by atoms with Crippen LogP contribution in [0.1, 0.15) is 29.5 Å². The fourth-order valence-corrected chi connectivity index (χ4v) is 4.69. The minimum Gasteiger partial charge on any atom is -0.524 e. The Bertz CT molecular complexity index is 1270. The summed E-state index contributed by atoms with van der Waals surface area (Å²) in [6.45, 7) is 3.23. The number of allylic oxidation sites excluding steroid dienone is 2. The number of ketones is 2. The molecule has 2 atom stereocenters. The molecule has 10 heteroatoms. The Morgan fingerprint density at radius 3 is 2.55 bits per heavy atom. The number of primary amides is 1. The Balaban J connectivity index is 0.00000306. The van der Waals surface area contributed by atoms with Crippen molar-refractivity contribution < 1.29 is 60.8 Å². The summed E-state index contributed by atoms with van der Waals surface area (Å²) >= 11 is 0. The first-order chi connectivity index (χ1) is 15.1. The van der Waals surface area contributed by atoms with Gasteiger partial charge in [-0.05, 0) is 55.0 Å². The number of nitrogens with one attached hydrogen (secondary N) is 1. The minimum atomic E-state index is -1.12. The van der Waals surface area contributed by atoms with E-state index in [1.54, 1.807) is 0 Å². The summed E-state index contributed by atoms with van der Waals surface area (Å²) in [5.41, 5.74) is 5.53. The Hall–Kier alpha value is -3.27. The van der Waals surface area contributed by atoms with E-state index in [4.69, 9.17) is 11.1 Å². The maximum absolute atomic E-state index is 13.3. The molecule has 1 amide bonds. The van der Waals surface area contributed by atoms with E-state index < -0.39 is 46.4 Å². The Morgan fingerprint density at radius 1 is 1.21 bits per heavy atom. The van der Waals surface area contributed by atoms with Crippen LogP contribution in [-0.4, -0.2) is 45.3 Å². The van der Waals surface area contributed by atoms with Gasteiger partial charge in [-0.2, -0.15) is 0 Å². The van der Waals surface area contributed by atoms with Crippen LogP contribution in [0.3, 0.4) is 0 Å². The molecule has 3 aliphatic carbocycles. The number of carbonyl (C=O) groups is 3. The zero-order valence-electron chi connectivity index (χ0n) is 17.2. The maximum atomic E-state index is 13.3. The van der Waals surface area contributed by atoms with Gasteiger partial charge in [-0.3, -0.25) is 10.2 Å². The molecule has 1 aromatic carbocycles. The monoisotopic (exact) mass is 670 g/mol. The number of amides is 1.